The molecule has 1 aromatic carbocycles. The van der Waals surface area contributed by atoms with Crippen molar-refractivity contribution < 1.29 is 13.2 Å². The molecule has 0 radical (unpaired) electrons. The predicted molar refractivity (Wildman–Crippen MR) is 114 cm³/mol. The SMILES string of the molecule is Cc1cccnc1-c1cc(C(N)=O)c(-c2cc(Br)cc(NS(C)(=O)=O)c2)n1C. The lowest BCUT2D eigenvalue weighted by Gasteiger charge is -2.12. The number of anilines is 1. The average Bonchev–Trinajstić information content (AvgIpc) is 2.90. The number of nitrogens with zero attached hydrogens (tertiary/aromatic N) is 2. The smallest absolute Gasteiger partial charge is 0.250 e. The normalized spacial score (nSPS) is 11.4. The first-order chi connectivity index (χ1) is 13.1. The number of carbonyl (C=O) groups is 1. The molecular formula is C19H19BrN4O3S. The highest BCUT2D eigenvalue weighted by Crippen LogP contribution is 2.35. The fourth-order valence-corrected chi connectivity index (χ4v) is 4.16. The molecule has 7 nitrogen and oxygen atoms in total. The number of rotatable bonds is 5. The Balaban J connectivity index is 2.25. The van der Waals surface area contributed by atoms with Gasteiger partial charge in [0.25, 0.3) is 5.91 Å². The third kappa shape index (κ3) is 4.10. The van der Waals surface area contributed by atoms with E-state index < -0.39 is 15.9 Å². The van der Waals surface area contributed by atoms with Crippen molar-refractivity contribution in [3.63, 3.8) is 0 Å². The van der Waals surface area contributed by atoms with E-state index in [2.05, 4.69) is 25.6 Å². The van der Waals surface area contributed by atoms with Crippen LogP contribution in [0.2, 0.25) is 0 Å². The van der Waals surface area contributed by atoms with Crippen LogP contribution in [-0.4, -0.2) is 30.1 Å². The van der Waals surface area contributed by atoms with Gasteiger partial charge in [-0.2, -0.15) is 0 Å². The molecule has 3 rings (SSSR count). The topological polar surface area (TPSA) is 107 Å². The summed E-state index contributed by atoms with van der Waals surface area (Å²) in [6.07, 6.45) is 2.76. The Morgan fingerprint density at radius 1 is 1.25 bits per heavy atom. The first-order valence-corrected chi connectivity index (χ1v) is 11.0. The molecule has 0 saturated heterocycles. The van der Waals surface area contributed by atoms with E-state index in [1.807, 2.05) is 30.7 Å². The number of nitrogens with one attached hydrogen (secondary N) is 1. The summed E-state index contributed by atoms with van der Waals surface area (Å²) in [5, 5.41) is 0. The molecule has 28 heavy (non-hydrogen) atoms. The second-order valence-electron chi connectivity index (χ2n) is 6.49. The standard InChI is InChI=1S/C19H19BrN4O3S/c1-11-5-4-6-22-17(11)16-10-15(19(21)25)18(24(16)2)12-7-13(20)9-14(8-12)23-28(3,26)27/h4-10,23H,1-3H3,(H2,21,25). The molecule has 0 atom stereocenters. The van der Waals surface area contributed by atoms with Gasteiger partial charge in [-0.3, -0.25) is 14.5 Å². The molecule has 3 aromatic rings. The number of amides is 1. The first-order valence-electron chi connectivity index (χ1n) is 8.27. The zero-order valence-electron chi connectivity index (χ0n) is 15.5. The molecule has 0 unspecified atom stereocenters. The number of aryl methyl sites for hydroxylation is 1. The average molecular weight is 463 g/mol. The molecule has 0 saturated carbocycles. The molecule has 0 aliphatic heterocycles. The maximum absolute atomic E-state index is 12.1. The molecule has 3 N–H and O–H groups in total. The molecule has 2 aromatic heterocycles. The summed E-state index contributed by atoms with van der Waals surface area (Å²) < 4.78 is 28.2. The maximum atomic E-state index is 12.1. The van der Waals surface area contributed by atoms with E-state index in [-0.39, 0.29) is 0 Å². The van der Waals surface area contributed by atoms with Crippen molar-refractivity contribution in [1.29, 1.82) is 0 Å². The number of benzene rings is 1. The zero-order chi connectivity index (χ0) is 20.6. The number of carbonyl (C=O) groups excluding carboxylic acids is 1. The van der Waals surface area contributed by atoms with Crippen molar-refractivity contribution in [2.24, 2.45) is 12.8 Å². The molecule has 0 fully saturated rings. The summed E-state index contributed by atoms with van der Waals surface area (Å²) in [6.45, 7) is 1.94. The minimum atomic E-state index is -3.45. The third-order valence-corrected chi connectivity index (χ3v) is 5.29. The van der Waals surface area contributed by atoms with Crippen LogP contribution in [0.5, 0.6) is 0 Å². The largest absolute Gasteiger partial charge is 0.366 e. The summed E-state index contributed by atoms with van der Waals surface area (Å²) in [6, 6.07) is 10.6. The summed E-state index contributed by atoms with van der Waals surface area (Å²) in [4.78, 5) is 16.6. The maximum Gasteiger partial charge on any atom is 0.250 e. The molecule has 9 heteroatoms. The monoisotopic (exact) mass is 462 g/mol. The van der Waals surface area contributed by atoms with Gasteiger partial charge in [0, 0.05) is 23.3 Å². The molecule has 2 heterocycles. The lowest BCUT2D eigenvalue weighted by atomic mass is 10.1. The number of nitrogens with two attached hydrogens (primary N) is 1. The number of primary amides is 1. The van der Waals surface area contributed by atoms with Gasteiger partial charge in [0.2, 0.25) is 10.0 Å². The second-order valence-corrected chi connectivity index (χ2v) is 9.15. The number of hydrogen-bond donors (Lipinski definition) is 2. The number of sulfonamides is 1. The Hall–Kier alpha value is -2.65. The number of aromatic nitrogens is 2. The highest BCUT2D eigenvalue weighted by Gasteiger charge is 2.21. The van der Waals surface area contributed by atoms with Gasteiger partial charge in [0.15, 0.2) is 0 Å². The van der Waals surface area contributed by atoms with E-state index in [0.29, 0.717) is 27.0 Å². The first kappa shape index (κ1) is 20.1. The van der Waals surface area contributed by atoms with Crippen molar-refractivity contribution in [2.45, 2.75) is 6.92 Å². The van der Waals surface area contributed by atoms with Crippen LogP contribution in [0.3, 0.4) is 0 Å². The van der Waals surface area contributed by atoms with E-state index in [1.54, 1.807) is 30.5 Å². The quantitative estimate of drug-likeness (QED) is 0.606. The van der Waals surface area contributed by atoms with Crippen molar-refractivity contribution in [3.8, 4) is 22.6 Å². The van der Waals surface area contributed by atoms with Gasteiger partial charge in [-0.25, -0.2) is 8.42 Å². The Bertz CT molecular complexity index is 1190. The lowest BCUT2D eigenvalue weighted by Crippen LogP contribution is -2.12. The highest BCUT2D eigenvalue weighted by molar-refractivity contribution is 9.10. The van der Waals surface area contributed by atoms with Gasteiger partial charge < -0.3 is 10.3 Å². The second kappa shape index (κ2) is 7.40. The van der Waals surface area contributed by atoms with E-state index in [4.69, 9.17) is 5.73 Å². The Morgan fingerprint density at radius 2 is 1.96 bits per heavy atom. The summed E-state index contributed by atoms with van der Waals surface area (Å²) >= 11 is 3.39. The van der Waals surface area contributed by atoms with E-state index in [0.717, 1.165) is 23.2 Å². The van der Waals surface area contributed by atoms with Crippen molar-refractivity contribution in [1.82, 2.24) is 9.55 Å². The van der Waals surface area contributed by atoms with Gasteiger partial charge in [-0.15, -0.1) is 0 Å². The van der Waals surface area contributed by atoms with E-state index in [1.165, 1.54) is 0 Å². The van der Waals surface area contributed by atoms with Gasteiger partial charge in [-0.1, -0.05) is 22.0 Å². The van der Waals surface area contributed by atoms with Crippen LogP contribution < -0.4 is 10.5 Å². The Labute approximate surface area is 171 Å². The third-order valence-electron chi connectivity index (χ3n) is 4.22. The lowest BCUT2D eigenvalue weighted by molar-refractivity contribution is 0.100. The van der Waals surface area contributed by atoms with Gasteiger partial charge in [0.05, 0.1) is 34.6 Å². The van der Waals surface area contributed by atoms with Crippen LogP contribution in [0.15, 0.2) is 47.1 Å². The van der Waals surface area contributed by atoms with Gasteiger partial charge >= 0.3 is 0 Å². The van der Waals surface area contributed by atoms with Crippen LogP contribution in [0.1, 0.15) is 15.9 Å². The zero-order valence-corrected chi connectivity index (χ0v) is 17.9. The van der Waals surface area contributed by atoms with Crippen molar-refractivity contribution in [3.05, 3.63) is 58.2 Å². The van der Waals surface area contributed by atoms with Crippen LogP contribution in [0, 0.1) is 6.92 Å². The molecule has 146 valence electrons. The Kier molecular flexibility index (Phi) is 5.31. The molecule has 0 spiro atoms. The Morgan fingerprint density at radius 3 is 2.57 bits per heavy atom. The summed E-state index contributed by atoms with van der Waals surface area (Å²) in [7, 11) is -1.64. The van der Waals surface area contributed by atoms with Gasteiger partial charge in [0.1, 0.15) is 0 Å². The van der Waals surface area contributed by atoms with Crippen LogP contribution >= 0.6 is 15.9 Å². The molecule has 0 aliphatic rings. The predicted octanol–water partition coefficient (Wildman–Crippen LogP) is 3.30. The highest BCUT2D eigenvalue weighted by atomic mass is 79.9. The van der Waals surface area contributed by atoms with Gasteiger partial charge in [-0.05, 0) is 42.8 Å². The fourth-order valence-electron chi connectivity index (χ4n) is 3.12. The molecule has 1 amide bonds. The number of hydrogen-bond acceptors (Lipinski definition) is 4. The van der Waals surface area contributed by atoms with E-state index >= 15 is 0 Å². The van der Waals surface area contributed by atoms with Crippen LogP contribution in [-0.2, 0) is 17.1 Å². The minimum absolute atomic E-state index is 0.325. The minimum Gasteiger partial charge on any atom is -0.366 e. The number of halogens is 1. The molecule has 0 aliphatic carbocycles. The molecule has 0 bridgehead atoms. The van der Waals surface area contributed by atoms with Crippen LogP contribution in [0.25, 0.3) is 22.6 Å². The van der Waals surface area contributed by atoms with Crippen molar-refractivity contribution in [2.75, 3.05) is 11.0 Å². The van der Waals surface area contributed by atoms with Crippen LogP contribution in [0.4, 0.5) is 5.69 Å². The fraction of sp³-hybridized carbons (Fsp3) is 0.158. The summed E-state index contributed by atoms with van der Waals surface area (Å²) in [5.74, 6) is -0.581. The molecular weight excluding hydrogens is 444 g/mol. The summed E-state index contributed by atoms with van der Waals surface area (Å²) in [5.41, 5.74) is 9.97. The van der Waals surface area contributed by atoms with Crippen molar-refractivity contribution >= 4 is 37.5 Å². The van der Waals surface area contributed by atoms with E-state index in [9.17, 15) is 13.2 Å². The number of pyridine rings is 1.